The third kappa shape index (κ3) is 3.98. The second-order valence-electron chi connectivity index (χ2n) is 4.49. The smallest absolute Gasteiger partial charge is 0.283 e. The summed E-state index contributed by atoms with van der Waals surface area (Å²) in [5, 5.41) is 4.33. The van der Waals surface area contributed by atoms with E-state index >= 15 is 0 Å². The van der Waals surface area contributed by atoms with Gasteiger partial charge in [-0.05, 0) is 18.6 Å². The molecule has 8 heteroatoms. The predicted molar refractivity (Wildman–Crippen MR) is 90.5 cm³/mol. The van der Waals surface area contributed by atoms with Gasteiger partial charge in [-0.2, -0.15) is 5.10 Å². The number of hydrogen-bond acceptors (Lipinski definition) is 7. The number of nitrogens with zero attached hydrogens (tertiary/aromatic N) is 2. The van der Waals surface area contributed by atoms with Crippen LogP contribution < -0.4 is 20.6 Å². The topological polar surface area (TPSA) is 98.8 Å². The molecular formula is C15H18N4O3S. The van der Waals surface area contributed by atoms with Gasteiger partial charge in [-0.1, -0.05) is 18.3 Å². The molecule has 1 amide bonds. The number of thiazole rings is 1. The Balaban J connectivity index is 2.10. The Kier molecular flexibility index (Phi) is 5.53. The molecular weight excluding hydrogens is 316 g/mol. The normalized spacial score (nSPS) is 10.7. The number of methoxy groups -OCH3 is 2. The van der Waals surface area contributed by atoms with E-state index in [1.165, 1.54) is 6.21 Å². The standard InChI is InChI=1S/C15H18N4O3S/c1-4-11-13(23-15(16)18-11)14(20)19-17-8-9-5-6-10(21-2)7-12(9)22-3/h5-8H,4H2,1-3H3,(H2,16,18)(H,19,20)/b17-8+. The molecule has 0 atom stereocenters. The van der Waals surface area contributed by atoms with E-state index in [0.29, 0.717) is 39.2 Å². The Morgan fingerprint density at radius 3 is 2.87 bits per heavy atom. The summed E-state index contributed by atoms with van der Waals surface area (Å²) in [7, 11) is 3.13. The zero-order chi connectivity index (χ0) is 16.8. The number of amides is 1. The van der Waals surface area contributed by atoms with Crippen molar-refractivity contribution in [2.24, 2.45) is 5.10 Å². The molecule has 2 rings (SSSR count). The van der Waals surface area contributed by atoms with Gasteiger partial charge in [0.1, 0.15) is 16.4 Å². The Labute approximate surface area is 138 Å². The first kappa shape index (κ1) is 16.8. The number of aromatic nitrogens is 1. The highest BCUT2D eigenvalue weighted by Gasteiger charge is 2.15. The molecule has 7 nitrogen and oxygen atoms in total. The van der Waals surface area contributed by atoms with Gasteiger partial charge in [0.15, 0.2) is 5.13 Å². The third-order valence-electron chi connectivity index (χ3n) is 3.07. The van der Waals surface area contributed by atoms with Gasteiger partial charge < -0.3 is 15.2 Å². The summed E-state index contributed by atoms with van der Waals surface area (Å²) in [6.07, 6.45) is 2.14. The van der Waals surface area contributed by atoms with Crippen LogP contribution in [0.2, 0.25) is 0 Å². The van der Waals surface area contributed by atoms with Gasteiger partial charge in [0.05, 0.1) is 26.1 Å². The van der Waals surface area contributed by atoms with Crippen molar-refractivity contribution in [3.8, 4) is 11.5 Å². The molecule has 1 aromatic heterocycles. The number of hydrazone groups is 1. The van der Waals surface area contributed by atoms with Crippen LogP contribution in [0.25, 0.3) is 0 Å². The van der Waals surface area contributed by atoms with Crippen LogP contribution in [0.1, 0.15) is 27.9 Å². The molecule has 0 saturated carbocycles. The first-order chi connectivity index (χ1) is 11.1. The van der Waals surface area contributed by atoms with E-state index < -0.39 is 0 Å². The summed E-state index contributed by atoms with van der Waals surface area (Å²) < 4.78 is 10.4. The molecule has 0 saturated heterocycles. The average molecular weight is 334 g/mol. The number of aryl methyl sites for hydroxylation is 1. The number of ether oxygens (including phenoxy) is 2. The molecule has 0 spiro atoms. The van der Waals surface area contributed by atoms with Crippen molar-refractivity contribution in [3.63, 3.8) is 0 Å². The first-order valence-corrected chi connectivity index (χ1v) is 7.71. The van der Waals surface area contributed by atoms with Crippen molar-refractivity contribution in [3.05, 3.63) is 34.3 Å². The molecule has 0 aliphatic heterocycles. The number of nitrogens with two attached hydrogens (primary N) is 1. The maximum atomic E-state index is 12.1. The third-order valence-corrected chi connectivity index (χ3v) is 3.99. The minimum Gasteiger partial charge on any atom is -0.497 e. The van der Waals surface area contributed by atoms with E-state index in [9.17, 15) is 4.79 Å². The van der Waals surface area contributed by atoms with Gasteiger partial charge in [0.25, 0.3) is 5.91 Å². The molecule has 1 aromatic carbocycles. The van der Waals surface area contributed by atoms with Crippen LogP contribution in [0.15, 0.2) is 23.3 Å². The van der Waals surface area contributed by atoms with Crippen molar-refractivity contribution in [1.29, 1.82) is 0 Å². The number of hydrogen-bond donors (Lipinski definition) is 2. The Morgan fingerprint density at radius 2 is 2.22 bits per heavy atom. The van der Waals surface area contributed by atoms with E-state index in [-0.39, 0.29) is 5.91 Å². The number of carbonyl (C=O) groups excluding carboxylic acids is 1. The number of nitrogens with one attached hydrogen (secondary N) is 1. The predicted octanol–water partition coefficient (Wildman–Crippen LogP) is 2.07. The highest BCUT2D eigenvalue weighted by Crippen LogP contribution is 2.23. The second-order valence-corrected chi connectivity index (χ2v) is 5.52. The summed E-state index contributed by atoms with van der Waals surface area (Å²) in [5.74, 6) is 0.939. The summed E-state index contributed by atoms with van der Waals surface area (Å²) >= 11 is 1.15. The maximum Gasteiger partial charge on any atom is 0.283 e. The van der Waals surface area contributed by atoms with Gasteiger partial charge in [-0.25, -0.2) is 10.4 Å². The molecule has 0 radical (unpaired) electrons. The molecule has 1 heterocycles. The molecule has 0 unspecified atom stereocenters. The average Bonchev–Trinajstić information content (AvgIpc) is 2.96. The van der Waals surface area contributed by atoms with Crippen molar-refractivity contribution >= 4 is 28.6 Å². The maximum absolute atomic E-state index is 12.1. The van der Waals surface area contributed by atoms with E-state index in [2.05, 4.69) is 15.5 Å². The van der Waals surface area contributed by atoms with Crippen LogP contribution in [0.3, 0.4) is 0 Å². The Hall–Kier alpha value is -2.61. The summed E-state index contributed by atoms with van der Waals surface area (Å²) in [6.45, 7) is 1.91. The second kappa shape index (κ2) is 7.59. The van der Waals surface area contributed by atoms with Crippen LogP contribution in [-0.4, -0.2) is 31.3 Å². The minimum atomic E-state index is -0.334. The fourth-order valence-corrected chi connectivity index (χ4v) is 2.73. The van der Waals surface area contributed by atoms with Gasteiger partial charge in [-0.3, -0.25) is 4.79 Å². The number of nitrogen functional groups attached to an aromatic ring is 1. The van der Waals surface area contributed by atoms with Crippen LogP contribution in [0.5, 0.6) is 11.5 Å². The lowest BCUT2D eigenvalue weighted by Crippen LogP contribution is -2.17. The largest absolute Gasteiger partial charge is 0.497 e. The van der Waals surface area contributed by atoms with Gasteiger partial charge >= 0.3 is 0 Å². The Morgan fingerprint density at radius 1 is 1.43 bits per heavy atom. The molecule has 3 N–H and O–H groups in total. The molecule has 0 aliphatic carbocycles. The van der Waals surface area contributed by atoms with Gasteiger partial charge in [0.2, 0.25) is 0 Å². The molecule has 122 valence electrons. The SMILES string of the molecule is CCc1nc(N)sc1C(=O)N/N=C/c1ccc(OC)cc1OC. The van der Waals surface area contributed by atoms with E-state index in [1.807, 2.05) is 6.92 Å². The van der Waals surface area contributed by atoms with Crippen molar-refractivity contribution in [1.82, 2.24) is 10.4 Å². The minimum absolute atomic E-state index is 0.334. The molecule has 0 bridgehead atoms. The Bertz CT molecular complexity index is 728. The van der Waals surface area contributed by atoms with E-state index in [1.54, 1.807) is 32.4 Å². The van der Waals surface area contributed by atoms with Crippen molar-refractivity contribution in [2.75, 3.05) is 20.0 Å². The van der Waals surface area contributed by atoms with Crippen molar-refractivity contribution in [2.45, 2.75) is 13.3 Å². The number of carbonyl (C=O) groups is 1. The fraction of sp³-hybridized carbons (Fsp3) is 0.267. The zero-order valence-corrected chi connectivity index (χ0v) is 13.9. The summed E-state index contributed by atoms with van der Waals surface area (Å²) in [6, 6.07) is 5.31. The van der Waals surface area contributed by atoms with Crippen LogP contribution in [0.4, 0.5) is 5.13 Å². The van der Waals surface area contributed by atoms with Gasteiger partial charge in [-0.15, -0.1) is 0 Å². The lowest BCUT2D eigenvalue weighted by molar-refractivity contribution is 0.0958. The van der Waals surface area contributed by atoms with Gasteiger partial charge in [0, 0.05) is 11.6 Å². The van der Waals surface area contributed by atoms with E-state index in [0.717, 1.165) is 11.3 Å². The first-order valence-electron chi connectivity index (χ1n) is 6.89. The number of anilines is 1. The lowest BCUT2D eigenvalue weighted by atomic mass is 10.2. The summed E-state index contributed by atoms with van der Waals surface area (Å²) in [5.41, 5.74) is 9.50. The number of rotatable bonds is 6. The molecule has 0 fully saturated rings. The fourth-order valence-electron chi connectivity index (χ4n) is 1.92. The molecule has 2 aromatic rings. The number of benzene rings is 1. The highest BCUT2D eigenvalue weighted by molar-refractivity contribution is 7.17. The zero-order valence-electron chi connectivity index (χ0n) is 13.1. The molecule has 23 heavy (non-hydrogen) atoms. The van der Waals surface area contributed by atoms with Crippen LogP contribution >= 0.6 is 11.3 Å². The quantitative estimate of drug-likeness (QED) is 0.622. The highest BCUT2D eigenvalue weighted by atomic mass is 32.1. The van der Waals surface area contributed by atoms with Crippen molar-refractivity contribution < 1.29 is 14.3 Å². The summed E-state index contributed by atoms with van der Waals surface area (Å²) in [4.78, 5) is 16.7. The van der Waals surface area contributed by atoms with E-state index in [4.69, 9.17) is 15.2 Å². The monoisotopic (exact) mass is 334 g/mol. The van der Waals surface area contributed by atoms with Crippen LogP contribution in [0, 0.1) is 0 Å². The lowest BCUT2D eigenvalue weighted by Gasteiger charge is -2.06. The molecule has 0 aliphatic rings. The van der Waals surface area contributed by atoms with Crippen LogP contribution in [-0.2, 0) is 6.42 Å².